The molecule has 0 aromatic carbocycles. The van der Waals surface area contributed by atoms with Gasteiger partial charge < -0.3 is 15.3 Å². The zero-order valence-electron chi connectivity index (χ0n) is 11.6. The first kappa shape index (κ1) is 14.3. The molecule has 0 radical (unpaired) electrons. The fraction of sp³-hybridized carbons (Fsp3) is 0.692. The highest BCUT2D eigenvalue weighted by Gasteiger charge is 2.32. The van der Waals surface area contributed by atoms with Gasteiger partial charge in [-0.1, -0.05) is 0 Å². The number of aliphatic hydroxyl groups is 1. The molecule has 2 atom stereocenters. The van der Waals surface area contributed by atoms with Crippen molar-refractivity contribution in [3.05, 3.63) is 11.3 Å². The Labute approximate surface area is 117 Å². The second kappa shape index (κ2) is 5.88. The quantitative estimate of drug-likeness (QED) is 0.885. The second-order valence-corrected chi connectivity index (χ2v) is 5.87. The van der Waals surface area contributed by atoms with E-state index in [0.29, 0.717) is 12.0 Å². The molecule has 19 heavy (non-hydrogen) atoms. The summed E-state index contributed by atoms with van der Waals surface area (Å²) in [5, 5.41) is 13.4. The molecule has 1 amide bonds. The lowest BCUT2D eigenvalue weighted by molar-refractivity contribution is 0.0682. The van der Waals surface area contributed by atoms with Gasteiger partial charge in [-0.05, 0) is 44.6 Å². The van der Waals surface area contributed by atoms with Crippen molar-refractivity contribution in [2.45, 2.75) is 45.3 Å². The molecule has 6 heteroatoms. The van der Waals surface area contributed by atoms with E-state index < -0.39 is 0 Å². The summed E-state index contributed by atoms with van der Waals surface area (Å²) in [6.45, 7) is 4.41. The van der Waals surface area contributed by atoms with Crippen LogP contribution < -0.4 is 5.32 Å². The summed E-state index contributed by atoms with van der Waals surface area (Å²) in [5.41, 5.74) is 1.46. The van der Waals surface area contributed by atoms with Gasteiger partial charge in [-0.15, -0.1) is 0 Å². The summed E-state index contributed by atoms with van der Waals surface area (Å²) in [6, 6.07) is 0.150. The second-order valence-electron chi connectivity index (χ2n) is 5.10. The van der Waals surface area contributed by atoms with Crippen molar-refractivity contribution in [1.29, 1.82) is 0 Å². The first-order valence-corrected chi connectivity index (χ1v) is 7.45. The number of carbonyl (C=O) groups excluding carboxylic acids is 1. The zero-order chi connectivity index (χ0) is 14.0. The maximum atomic E-state index is 12.7. The molecule has 1 aromatic heterocycles. The molecule has 1 saturated heterocycles. The van der Waals surface area contributed by atoms with Crippen LogP contribution in [0.1, 0.15) is 42.2 Å². The Morgan fingerprint density at radius 2 is 2.42 bits per heavy atom. The van der Waals surface area contributed by atoms with E-state index in [2.05, 4.69) is 9.69 Å². The minimum atomic E-state index is -0.371. The van der Waals surface area contributed by atoms with Crippen molar-refractivity contribution in [3.63, 3.8) is 0 Å². The minimum absolute atomic E-state index is 0.0405. The SMILES string of the molecule is CNc1snc(C)c1C(=O)N1CCCC1CC(C)O. The lowest BCUT2D eigenvalue weighted by Gasteiger charge is -2.26. The van der Waals surface area contributed by atoms with E-state index in [1.54, 1.807) is 14.0 Å². The van der Waals surface area contributed by atoms with Gasteiger partial charge in [0.2, 0.25) is 0 Å². The van der Waals surface area contributed by atoms with Crippen LogP contribution in [0.15, 0.2) is 0 Å². The van der Waals surface area contributed by atoms with Gasteiger partial charge in [0.15, 0.2) is 0 Å². The molecule has 1 fully saturated rings. The highest BCUT2D eigenvalue weighted by Crippen LogP contribution is 2.29. The van der Waals surface area contributed by atoms with Crippen LogP contribution >= 0.6 is 11.5 Å². The van der Waals surface area contributed by atoms with Crippen molar-refractivity contribution >= 4 is 22.4 Å². The Balaban J connectivity index is 2.20. The van der Waals surface area contributed by atoms with Crippen LogP contribution in [0, 0.1) is 6.92 Å². The number of amides is 1. The summed E-state index contributed by atoms with van der Waals surface area (Å²) >= 11 is 1.32. The third-order valence-corrected chi connectivity index (χ3v) is 4.51. The maximum absolute atomic E-state index is 12.7. The van der Waals surface area contributed by atoms with Gasteiger partial charge in [0.05, 0.1) is 17.4 Å². The summed E-state index contributed by atoms with van der Waals surface area (Å²) in [6.07, 6.45) is 2.26. The van der Waals surface area contributed by atoms with Crippen molar-refractivity contribution < 1.29 is 9.90 Å². The van der Waals surface area contributed by atoms with E-state index in [1.165, 1.54) is 11.5 Å². The van der Waals surface area contributed by atoms with Gasteiger partial charge in [0, 0.05) is 19.6 Å². The molecule has 2 N–H and O–H groups in total. The molecule has 1 aromatic rings. The standard InChI is InChI=1S/C13H21N3O2S/c1-8(17)7-10-5-4-6-16(10)13(18)11-9(2)15-19-12(11)14-3/h8,10,14,17H,4-7H2,1-3H3. The molecular formula is C13H21N3O2S. The van der Waals surface area contributed by atoms with Crippen molar-refractivity contribution in [2.75, 3.05) is 18.9 Å². The Bertz CT molecular complexity index is 459. The number of likely N-dealkylation sites (tertiary alicyclic amines) is 1. The topological polar surface area (TPSA) is 65.5 Å². The molecule has 1 aliphatic heterocycles. The van der Waals surface area contributed by atoms with Crippen LogP contribution in [0.3, 0.4) is 0 Å². The number of hydrogen-bond acceptors (Lipinski definition) is 5. The molecule has 106 valence electrons. The van der Waals surface area contributed by atoms with Crippen LogP contribution in [0.4, 0.5) is 5.00 Å². The van der Waals surface area contributed by atoms with Gasteiger partial charge in [-0.3, -0.25) is 4.79 Å². The first-order chi connectivity index (χ1) is 9.04. The van der Waals surface area contributed by atoms with Crippen molar-refractivity contribution in [3.8, 4) is 0 Å². The van der Waals surface area contributed by atoms with E-state index in [-0.39, 0.29) is 18.1 Å². The van der Waals surface area contributed by atoms with E-state index >= 15 is 0 Å². The predicted octanol–water partition coefficient (Wildman–Crippen LogP) is 1.87. The van der Waals surface area contributed by atoms with Gasteiger partial charge in [-0.2, -0.15) is 4.37 Å². The lowest BCUT2D eigenvalue weighted by atomic mass is 10.1. The summed E-state index contributed by atoms with van der Waals surface area (Å²) in [5.74, 6) is 0.0405. The molecule has 0 saturated carbocycles. The highest BCUT2D eigenvalue weighted by molar-refractivity contribution is 7.10. The number of nitrogens with one attached hydrogen (secondary N) is 1. The van der Waals surface area contributed by atoms with Crippen LogP contribution in [-0.4, -0.2) is 46.0 Å². The highest BCUT2D eigenvalue weighted by atomic mass is 32.1. The molecule has 2 heterocycles. The van der Waals surface area contributed by atoms with E-state index in [4.69, 9.17) is 0 Å². The molecule has 5 nitrogen and oxygen atoms in total. The Hall–Kier alpha value is -1.14. The van der Waals surface area contributed by atoms with Crippen molar-refractivity contribution in [1.82, 2.24) is 9.27 Å². The summed E-state index contributed by atoms with van der Waals surface area (Å²) in [7, 11) is 1.81. The van der Waals surface area contributed by atoms with Gasteiger partial charge >= 0.3 is 0 Å². The summed E-state index contributed by atoms with van der Waals surface area (Å²) in [4.78, 5) is 14.6. The molecular weight excluding hydrogens is 262 g/mol. The smallest absolute Gasteiger partial charge is 0.259 e. The predicted molar refractivity (Wildman–Crippen MR) is 76.8 cm³/mol. The molecule has 0 spiro atoms. The number of hydrogen-bond donors (Lipinski definition) is 2. The fourth-order valence-corrected chi connectivity index (χ4v) is 3.41. The normalized spacial score (nSPS) is 20.6. The Morgan fingerprint density at radius 1 is 1.68 bits per heavy atom. The summed E-state index contributed by atoms with van der Waals surface area (Å²) < 4.78 is 4.25. The van der Waals surface area contributed by atoms with E-state index in [0.717, 1.165) is 30.1 Å². The molecule has 2 unspecified atom stereocenters. The Morgan fingerprint density at radius 3 is 3.05 bits per heavy atom. The van der Waals surface area contributed by atoms with E-state index in [9.17, 15) is 9.90 Å². The average molecular weight is 283 g/mol. The van der Waals surface area contributed by atoms with Crippen LogP contribution in [-0.2, 0) is 0 Å². The number of aliphatic hydroxyl groups excluding tert-OH is 1. The average Bonchev–Trinajstić information content (AvgIpc) is 2.94. The Kier molecular flexibility index (Phi) is 4.42. The van der Waals surface area contributed by atoms with Crippen LogP contribution in [0.5, 0.6) is 0 Å². The monoisotopic (exact) mass is 283 g/mol. The van der Waals surface area contributed by atoms with Crippen LogP contribution in [0.25, 0.3) is 0 Å². The number of anilines is 1. The van der Waals surface area contributed by atoms with Gasteiger partial charge in [0.1, 0.15) is 5.00 Å². The number of aromatic nitrogens is 1. The molecule has 2 rings (SSSR count). The third-order valence-electron chi connectivity index (χ3n) is 3.55. The molecule has 0 aliphatic carbocycles. The van der Waals surface area contributed by atoms with Crippen molar-refractivity contribution in [2.24, 2.45) is 0 Å². The number of nitrogens with zero attached hydrogens (tertiary/aromatic N) is 2. The van der Waals surface area contributed by atoms with Gasteiger partial charge in [0.25, 0.3) is 5.91 Å². The van der Waals surface area contributed by atoms with Crippen LogP contribution in [0.2, 0.25) is 0 Å². The number of aryl methyl sites for hydroxylation is 1. The largest absolute Gasteiger partial charge is 0.393 e. The van der Waals surface area contributed by atoms with Gasteiger partial charge in [-0.25, -0.2) is 0 Å². The molecule has 0 bridgehead atoms. The first-order valence-electron chi connectivity index (χ1n) is 6.67. The minimum Gasteiger partial charge on any atom is -0.393 e. The maximum Gasteiger partial charge on any atom is 0.259 e. The fourth-order valence-electron chi connectivity index (χ4n) is 2.68. The van der Waals surface area contributed by atoms with E-state index in [1.807, 2.05) is 11.8 Å². The number of carbonyl (C=O) groups is 1. The number of rotatable bonds is 4. The lowest BCUT2D eigenvalue weighted by Crippen LogP contribution is -2.37. The third kappa shape index (κ3) is 2.90. The zero-order valence-corrected chi connectivity index (χ0v) is 12.5. The molecule has 1 aliphatic rings.